The van der Waals surface area contributed by atoms with Crippen molar-refractivity contribution in [2.45, 2.75) is 39.0 Å². The van der Waals surface area contributed by atoms with Gasteiger partial charge in [0, 0.05) is 41.9 Å². The van der Waals surface area contributed by atoms with Crippen LogP contribution in [0, 0.1) is 11.6 Å². The highest BCUT2D eigenvalue weighted by Crippen LogP contribution is 2.36. The summed E-state index contributed by atoms with van der Waals surface area (Å²) in [7, 11) is 1.68. The zero-order valence-corrected chi connectivity index (χ0v) is 23.6. The molecule has 0 unspecified atom stereocenters. The molecule has 0 aliphatic heterocycles. The lowest BCUT2D eigenvalue weighted by atomic mass is 9.96. The first kappa shape index (κ1) is 31.3. The Kier molecular flexibility index (Phi) is 8.99. The van der Waals surface area contributed by atoms with Gasteiger partial charge in [-0.2, -0.15) is 18.3 Å². The van der Waals surface area contributed by atoms with E-state index in [0.29, 0.717) is 17.7 Å². The van der Waals surface area contributed by atoms with Crippen molar-refractivity contribution in [3.8, 4) is 0 Å². The third-order valence-corrected chi connectivity index (χ3v) is 6.70. The first-order valence-corrected chi connectivity index (χ1v) is 13.0. The molecule has 0 bridgehead atoms. The van der Waals surface area contributed by atoms with E-state index in [0.717, 1.165) is 12.1 Å². The number of alkyl halides is 3. The Bertz CT molecular complexity index is 1720. The highest BCUT2D eigenvalue weighted by molar-refractivity contribution is 6.31. The van der Waals surface area contributed by atoms with Crippen LogP contribution in [0.3, 0.4) is 0 Å². The second-order valence-electron chi connectivity index (χ2n) is 9.73. The number of anilines is 1. The van der Waals surface area contributed by atoms with E-state index in [-0.39, 0.29) is 40.5 Å². The zero-order chi connectivity index (χ0) is 31.6. The SMILES string of the molecule is CC(=O)Cn1c(C(=O)NCc2cnn(C)c2)nc(NC(=O)c2cc(F)cc(C(F)(F)F)c2)c1[C@@H](C)c1cc(F)ccc1Cl. The first-order valence-electron chi connectivity index (χ1n) is 12.6. The average Bonchev–Trinajstić information content (AvgIpc) is 3.49. The van der Waals surface area contributed by atoms with Crippen LogP contribution in [0.4, 0.5) is 27.8 Å². The van der Waals surface area contributed by atoms with Gasteiger partial charge in [0.2, 0.25) is 5.82 Å². The Morgan fingerprint density at radius 3 is 2.40 bits per heavy atom. The minimum atomic E-state index is -4.94. The minimum absolute atomic E-state index is 0.0193. The molecule has 0 saturated heterocycles. The molecule has 2 aromatic heterocycles. The number of amides is 2. The monoisotopic (exact) mass is 622 g/mol. The van der Waals surface area contributed by atoms with Gasteiger partial charge in [0.15, 0.2) is 5.82 Å². The molecular weight excluding hydrogens is 599 g/mol. The topological polar surface area (TPSA) is 111 Å². The van der Waals surface area contributed by atoms with Gasteiger partial charge in [-0.25, -0.2) is 13.8 Å². The Morgan fingerprint density at radius 2 is 1.77 bits per heavy atom. The summed E-state index contributed by atoms with van der Waals surface area (Å²) in [5, 5.41) is 9.11. The summed E-state index contributed by atoms with van der Waals surface area (Å²) in [5.41, 5.74) is -1.21. The number of rotatable bonds is 9. The van der Waals surface area contributed by atoms with Crippen molar-refractivity contribution >= 4 is 35.0 Å². The molecule has 0 aliphatic rings. The standard InChI is InChI=1S/C28H24ClF5N6O3/c1-14(41)12-40-23(15(2)21-9-19(30)4-5-22(21)29)24(37-25(40)27(43)35-10-16-11-36-39(3)13-16)38-26(42)17-6-18(28(32,33)34)8-20(31)7-17/h4-9,11,13,15H,10,12H2,1-3H3,(H,35,43)(H,38,42)/t15-/m0/s1. The number of hydrogen-bond acceptors (Lipinski definition) is 5. The molecule has 43 heavy (non-hydrogen) atoms. The van der Waals surface area contributed by atoms with Crippen LogP contribution in [0.5, 0.6) is 0 Å². The number of imidazole rings is 1. The predicted octanol–water partition coefficient (Wildman–Crippen LogP) is 5.49. The van der Waals surface area contributed by atoms with E-state index in [2.05, 4.69) is 20.7 Å². The number of carbonyl (C=O) groups is 3. The van der Waals surface area contributed by atoms with E-state index < -0.39 is 59.0 Å². The molecule has 0 fully saturated rings. The van der Waals surface area contributed by atoms with Gasteiger partial charge in [-0.05, 0) is 48.9 Å². The number of Topliss-reactive ketones (excluding diaryl/α,β-unsaturated/α-hetero) is 1. The Morgan fingerprint density at radius 1 is 1.05 bits per heavy atom. The summed E-state index contributed by atoms with van der Waals surface area (Å²) in [6.45, 7) is 2.39. The van der Waals surface area contributed by atoms with E-state index in [1.165, 1.54) is 28.4 Å². The van der Waals surface area contributed by atoms with Crippen molar-refractivity contribution in [2.75, 3.05) is 5.32 Å². The fourth-order valence-corrected chi connectivity index (χ4v) is 4.72. The highest BCUT2D eigenvalue weighted by Gasteiger charge is 2.33. The van der Waals surface area contributed by atoms with Gasteiger partial charge < -0.3 is 15.2 Å². The highest BCUT2D eigenvalue weighted by atomic mass is 35.5. The summed E-state index contributed by atoms with van der Waals surface area (Å²) in [6, 6.07) is 4.83. The minimum Gasteiger partial charge on any atom is -0.345 e. The number of hydrogen-bond donors (Lipinski definition) is 2. The van der Waals surface area contributed by atoms with Gasteiger partial charge in [0.25, 0.3) is 11.8 Å². The number of ketones is 1. The molecule has 9 nitrogen and oxygen atoms in total. The molecule has 0 saturated carbocycles. The summed E-state index contributed by atoms with van der Waals surface area (Å²) in [6.07, 6.45) is -1.77. The zero-order valence-electron chi connectivity index (χ0n) is 22.9. The lowest BCUT2D eigenvalue weighted by Crippen LogP contribution is -2.28. The van der Waals surface area contributed by atoms with E-state index in [1.54, 1.807) is 20.2 Å². The van der Waals surface area contributed by atoms with Crippen molar-refractivity contribution in [1.82, 2.24) is 24.6 Å². The molecule has 0 aliphatic carbocycles. The van der Waals surface area contributed by atoms with Crippen LogP contribution in [-0.2, 0) is 31.1 Å². The summed E-state index contributed by atoms with van der Waals surface area (Å²) in [4.78, 5) is 43.0. The molecule has 15 heteroatoms. The second kappa shape index (κ2) is 12.3. The molecule has 0 radical (unpaired) electrons. The molecule has 226 valence electrons. The normalized spacial score (nSPS) is 12.2. The molecule has 4 rings (SSSR count). The van der Waals surface area contributed by atoms with E-state index in [1.807, 2.05) is 0 Å². The van der Waals surface area contributed by atoms with Crippen LogP contribution in [0.1, 0.15) is 63.1 Å². The largest absolute Gasteiger partial charge is 0.416 e. The summed E-state index contributed by atoms with van der Waals surface area (Å²) >= 11 is 6.33. The quantitative estimate of drug-likeness (QED) is 0.240. The Balaban J connectivity index is 1.83. The average molecular weight is 623 g/mol. The van der Waals surface area contributed by atoms with Gasteiger partial charge in [0.1, 0.15) is 17.4 Å². The maximum atomic E-state index is 14.2. The number of aromatic nitrogens is 4. The molecule has 0 spiro atoms. The molecular formula is C28H24ClF5N6O3. The number of nitrogens with one attached hydrogen (secondary N) is 2. The smallest absolute Gasteiger partial charge is 0.345 e. The van der Waals surface area contributed by atoms with Crippen molar-refractivity contribution in [3.05, 3.63) is 99.2 Å². The van der Waals surface area contributed by atoms with Gasteiger partial charge in [-0.3, -0.25) is 19.1 Å². The molecule has 1 atom stereocenters. The van der Waals surface area contributed by atoms with Gasteiger partial charge >= 0.3 is 6.18 Å². The Hall–Kier alpha value is -4.59. The van der Waals surface area contributed by atoms with Crippen molar-refractivity contribution in [1.29, 1.82) is 0 Å². The van der Waals surface area contributed by atoms with Crippen molar-refractivity contribution in [2.24, 2.45) is 7.05 Å². The molecule has 2 N–H and O–H groups in total. The second-order valence-corrected chi connectivity index (χ2v) is 10.1. The Labute approximate surface area is 246 Å². The number of aryl methyl sites for hydroxylation is 1. The third kappa shape index (κ3) is 7.25. The summed E-state index contributed by atoms with van der Waals surface area (Å²) < 4.78 is 70.9. The van der Waals surface area contributed by atoms with Gasteiger partial charge in [-0.1, -0.05) is 18.5 Å². The number of carbonyl (C=O) groups excluding carboxylic acids is 3. The lowest BCUT2D eigenvalue weighted by Gasteiger charge is -2.19. The fourth-order valence-electron chi connectivity index (χ4n) is 4.43. The predicted molar refractivity (Wildman–Crippen MR) is 146 cm³/mol. The van der Waals surface area contributed by atoms with E-state index in [9.17, 15) is 36.3 Å². The van der Waals surface area contributed by atoms with Crippen molar-refractivity contribution in [3.63, 3.8) is 0 Å². The molecule has 2 heterocycles. The van der Waals surface area contributed by atoms with Crippen LogP contribution >= 0.6 is 11.6 Å². The number of benzene rings is 2. The van der Waals surface area contributed by atoms with Gasteiger partial charge in [-0.15, -0.1) is 0 Å². The van der Waals surface area contributed by atoms with E-state index in [4.69, 9.17) is 11.6 Å². The van der Waals surface area contributed by atoms with Crippen LogP contribution in [0.25, 0.3) is 0 Å². The van der Waals surface area contributed by atoms with E-state index >= 15 is 0 Å². The molecule has 4 aromatic rings. The van der Waals surface area contributed by atoms with Gasteiger partial charge in [0.05, 0.1) is 24.0 Å². The third-order valence-electron chi connectivity index (χ3n) is 6.36. The summed E-state index contributed by atoms with van der Waals surface area (Å²) in [5.74, 6) is -5.91. The maximum Gasteiger partial charge on any atom is 0.416 e. The van der Waals surface area contributed by atoms with Crippen LogP contribution in [-0.4, -0.2) is 36.9 Å². The number of halogens is 6. The molecule has 2 aromatic carbocycles. The van der Waals surface area contributed by atoms with Crippen LogP contribution in [0.15, 0.2) is 48.8 Å². The van der Waals surface area contributed by atoms with Crippen LogP contribution in [0.2, 0.25) is 5.02 Å². The lowest BCUT2D eigenvalue weighted by molar-refractivity contribution is -0.137. The first-order chi connectivity index (χ1) is 20.1. The van der Waals surface area contributed by atoms with Crippen LogP contribution < -0.4 is 10.6 Å². The number of nitrogens with zero attached hydrogens (tertiary/aromatic N) is 4. The fraction of sp³-hybridized carbons (Fsp3) is 0.250. The maximum absolute atomic E-state index is 14.2. The molecule has 2 amide bonds. The van der Waals surface area contributed by atoms with Crippen molar-refractivity contribution < 1.29 is 36.3 Å².